The largest absolute Gasteiger partial charge is 0.412 e. The first kappa shape index (κ1) is 9.50. The lowest BCUT2D eigenvalue weighted by molar-refractivity contribution is 0.824. The summed E-state index contributed by atoms with van der Waals surface area (Å²) in [6, 6.07) is 3.89. The SMILES string of the molecule is N.O.c1cc[nH]c1. The third-order valence-electron chi connectivity index (χ3n) is 0.496. The van der Waals surface area contributed by atoms with Crippen LogP contribution in [0.5, 0.6) is 0 Å². The van der Waals surface area contributed by atoms with Crippen molar-refractivity contribution < 1.29 is 5.48 Å². The maximum Gasteiger partial charge on any atom is 0.000496 e. The van der Waals surface area contributed by atoms with Gasteiger partial charge in [0.15, 0.2) is 0 Å². The van der Waals surface area contributed by atoms with Crippen LogP contribution in [0.15, 0.2) is 24.5 Å². The molecule has 0 aromatic carbocycles. The second-order valence-electron chi connectivity index (χ2n) is 0.885. The Labute approximate surface area is 42.3 Å². The Kier molecular flexibility index (Phi) is 7.06. The fourth-order valence-electron chi connectivity index (χ4n) is 0.278. The molecule has 0 saturated carbocycles. The first-order valence-corrected chi connectivity index (χ1v) is 1.58. The van der Waals surface area contributed by atoms with Crippen molar-refractivity contribution in [3.8, 4) is 0 Å². The van der Waals surface area contributed by atoms with Gasteiger partial charge in [0.1, 0.15) is 0 Å². The minimum atomic E-state index is 0. The van der Waals surface area contributed by atoms with Crippen LogP contribution in [0.1, 0.15) is 0 Å². The van der Waals surface area contributed by atoms with Gasteiger partial charge in [0.05, 0.1) is 0 Å². The summed E-state index contributed by atoms with van der Waals surface area (Å²) in [5.41, 5.74) is 0. The Morgan fingerprint density at radius 1 is 1.00 bits per heavy atom. The highest BCUT2D eigenvalue weighted by Gasteiger charge is 1.55. The van der Waals surface area contributed by atoms with Crippen LogP contribution in [0, 0.1) is 0 Å². The fraction of sp³-hybridized carbons (Fsp3) is 0. The molecule has 0 spiro atoms. The molecule has 3 heteroatoms. The Morgan fingerprint density at radius 3 is 1.57 bits per heavy atom. The Morgan fingerprint density at radius 2 is 1.43 bits per heavy atom. The van der Waals surface area contributed by atoms with Crippen molar-refractivity contribution in [3.63, 3.8) is 0 Å². The van der Waals surface area contributed by atoms with Gasteiger partial charge in [-0.2, -0.15) is 0 Å². The summed E-state index contributed by atoms with van der Waals surface area (Å²) in [5, 5.41) is 0. The molecule has 0 aliphatic rings. The zero-order chi connectivity index (χ0) is 3.54. The van der Waals surface area contributed by atoms with Crippen LogP contribution in [0.25, 0.3) is 0 Å². The molecule has 0 atom stereocenters. The summed E-state index contributed by atoms with van der Waals surface area (Å²) in [6.07, 6.45) is 3.75. The van der Waals surface area contributed by atoms with Crippen LogP contribution in [0.2, 0.25) is 0 Å². The average Bonchev–Trinajstić information content (AvgIpc) is 1.76. The molecule has 0 saturated heterocycles. The molecule has 7 heavy (non-hydrogen) atoms. The second kappa shape index (κ2) is 5.20. The van der Waals surface area contributed by atoms with Crippen molar-refractivity contribution in [2.24, 2.45) is 0 Å². The van der Waals surface area contributed by atoms with E-state index in [9.17, 15) is 0 Å². The minimum absolute atomic E-state index is 0. The van der Waals surface area contributed by atoms with E-state index in [0.717, 1.165) is 0 Å². The number of nitrogens with one attached hydrogen (secondary N) is 1. The van der Waals surface area contributed by atoms with E-state index in [0.29, 0.717) is 0 Å². The topological polar surface area (TPSA) is 82.3 Å². The molecule has 0 unspecified atom stereocenters. The van der Waals surface area contributed by atoms with Gasteiger partial charge in [-0.15, -0.1) is 0 Å². The Bertz CT molecular complexity index is 66.2. The Balaban J connectivity index is 0. The van der Waals surface area contributed by atoms with Crippen LogP contribution < -0.4 is 6.15 Å². The van der Waals surface area contributed by atoms with Crippen LogP contribution in [0.4, 0.5) is 0 Å². The first-order chi connectivity index (χ1) is 2.50. The normalized spacial score (nSPS) is 5.71. The number of aromatic nitrogens is 1. The molecule has 0 fully saturated rings. The van der Waals surface area contributed by atoms with E-state index >= 15 is 0 Å². The predicted molar refractivity (Wildman–Crippen MR) is 29.4 cm³/mol. The van der Waals surface area contributed by atoms with Gasteiger partial charge in [-0.05, 0) is 12.1 Å². The second-order valence-corrected chi connectivity index (χ2v) is 0.885. The van der Waals surface area contributed by atoms with Gasteiger partial charge in [0.25, 0.3) is 0 Å². The molecule has 1 rings (SSSR count). The van der Waals surface area contributed by atoms with Crippen molar-refractivity contribution in [2.75, 3.05) is 0 Å². The quantitative estimate of drug-likeness (QED) is 0.486. The van der Waals surface area contributed by atoms with Gasteiger partial charge in [-0.1, -0.05) is 0 Å². The van der Waals surface area contributed by atoms with Crippen molar-refractivity contribution in [1.29, 1.82) is 0 Å². The van der Waals surface area contributed by atoms with Crippen LogP contribution in [0.3, 0.4) is 0 Å². The van der Waals surface area contributed by atoms with E-state index in [2.05, 4.69) is 4.98 Å². The van der Waals surface area contributed by atoms with Crippen LogP contribution in [-0.4, -0.2) is 10.5 Å². The zero-order valence-electron chi connectivity index (χ0n) is 4.02. The molecular formula is C4H10N2O. The molecule has 0 radical (unpaired) electrons. The summed E-state index contributed by atoms with van der Waals surface area (Å²) < 4.78 is 0. The lowest BCUT2D eigenvalue weighted by Crippen LogP contribution is -1.38. The zero-order valence-corrected chi connectivity index (χ0v) is 4.02. The van der Waals surface area contributed by atoms with Gasteiger partial charge < -0.3 is 16.6 Å². The van der Waals surface area contributed by atoms with E-state index in [-0.39, 0.29) is 11.6 Å². The number of hydrogen-bond acceptors (Lipinski definition) is 1. The number of H-pyrrole nitrogens is 1. The molecule has 0 aliphatic carbocycles. The molecule has 1 heterocycles. The predicted octanol–water partition coefficient (Wildman–Crippen LogP) is 0.352. The molecule has 1 aromatic rings. The van der Waals surface area contributed by atoms with Crippen molar-refractivity contribution in [1.82, 2.24) is 11.1 Å². The first-order valence-electron chi connectivity index (χ1n) is 1.58. The van der Waals surface area contributed by atoms with Gasteiger partial charge in [-0.3, -0.25) is 0 Å². The van der Waals surface area contributed by atoms with Crippen LogP contribution in [-0.2, 0) is 0 Å². The maximum absolute atomic E-state index is 2.86. The summed E-state index contributed by atoms with van der Waals surface area (Å²) in [6.45, 7) is 0. The van der Waals surface area contributed by atoms with E-state index in [1.54, 1.807) is 0 Å². The highest BCUT2D eigenvalue weighted by atomic mass is 16.0. The third kappa shape index (κ3) is 3.02. The lowest BCUT2D eigenvalue weighted by atomic mass is 10.7. The van der Waals surface area contributed by atoms with E-state index in [1.807, 2.05) is 24.5 Å². The van der Waals surface area contributed by atoms with Gasteiger partial charge in [0.2, 0.25) is 0 Å². The molecular weight excluding hydrogens is 92.1 g/mol. The average molecular weight is 102 g/mol. The summed E-state index contributed by atoms with van der Waals surface area (Å²) in [4.78, 5) is 2.86. The number of rotatable bonds is 0. The van der Waals surface area contributed by atoms with Crippen molar-refractivity contribution >= 4 is 0 Å². The van der Waals surface area contributed by atoms with Gasteiger partial charge >= 0.3 is 0 Å². The highest BCUT2D eigenvalue weighted by molar-refractivity contribution is 4.84. The maximum atomic E-state index is 2.86. The molecule has 0 bridgehead atoms. The molecule has 1 aromatic heterocycles. The van der Waals surface area contributed by atoms with Crippen molar-refractivity contribution in [3.05, 3.63) is 24.5 Å². The number of aromatic amines is 1. The summed E-state index contributed by atoms with van der Waals surface area (Å²) in [7, 11) is 0. The highest BCUT2D eigenvalue weighted by Crippen LogP contribution is 1.72. The molecule has 0 aliphatic heterocycles. The lowest BCUT2D eigenvalue weighted by Gasteiger charge is -1.49. The number of hydrogen-bond donors (Lipinski definition) is 2. The van der Waals surface area contributed by atoms with E-state index in [4.69, 9.17) is 0 Å². The molecule has 0 amide bonds. The van der Waals surface area contributed by atoms with E-state index in [1.165, 1.54) is 0 Å². The molecule has 42 valence electrons. The smallest absolute Gasteiger partial charge is 0.000496 e. The third-order valence-corrected chi connectivity index (χ3v) is 0.496. The fourth-order valence-corrected chi connectivity index (χ4v) is 0.278. The van der Waals surface area contributed by atoms with Crippen molar-refractivity contribution in [2.45, 2.75) is 0 Å². The molecule has 3 nitrogen and oxygen atoms in total. The summed E-state index contributed by atoms with van der Waals surface area (Å²) in [5.74, 6) is 0. The standard InChI is InChI=1S/C4H5N.H3N.H2O/c1-2-4-5-3-1;;/h1-5H;1H3;1H2. The monoisotopic (exact) mass is 102 g/mol. The van der Waals surface area contributed by atoms with E-state index < -0.39 is 0 Å². The van der Waals surface area contributed by atoms with Gasteiger partial charge in [0, 0.05) is 12.4 Å². The van der Waals surface area contributed by atoms with Gasteiger partial charge in [-0.25, -0.2) is 0 Å². The summed E-state index contributed by atoms with van der Waals surface area (Å²) >= 11 is 0. The molecule has 6 N–H and O–H groups in total. The van der Waals surface area contributed by atoms with Crippen LogP contribution >= 0.6 is 0 Å². The minimum Gasteiger partial charge on any atom is -0.412 e. The Hall–Kier alpha value is -0.800.